The minimum absolute atomic E-state index is 0.133. The first-order valence-corrected chi connectivity index (χ1v) is 6.98. The molecule has 22 heavy (non-hydrogen) atoms. The molecule has 0 spiro atoms. The van der Waals surface area contributed by atoms with Gasteiger partial charge in [0.25, 0.3) is 5.91 Å². The summed E-state index contributed by atoms with van der Waals surface area (Å²) in [7, 11) is 0. The lowest BCUT2D eigenvalue weighted by molar-refractivity contribution is 0.0695. The second-order valence-electron chi connectivity index (χ2n) is 5.09. The summed E-state index contributed by atoms with van der Waals surface area (Å²) in [6, 6.07) is 7.25. The van der Waals surface area contributed by atoms with Crippen LogP contribution in [0.1, 0.15) is 16.2 Å². The van der Waals surface area contributed by atoms with Gasteiger partial charge in [0.2, 0.25) is 0 Å². The summed E-state index contributed by atoms with van der Waals surface area (Å²) in [5.41, 5.74) is 2.13. The van der Waals surface area contributed by atoms with Crippen LogP contribution in [0.5, 0.6) is 0 Å². The molecule has 7 heteroatoms. The molecule has 0 aliphatic carbocycles. The van der Waals surface area contributed by atoms with E-state index in [4.69, 9.17) is 4.52 Å². The smallest absolute Gasteiger partial charge is 0.276 e. The van der Waals surface area contributed by atoms with Gasteiger partial charge in [0.1, 0.15) is 0 Å². The van der Waals surface area contributed by atoms with Gasteiger partial charge in [-0.05, 0) is 18.2 Å². The Balaban J connectivity index is 1.56. The molecule has 0 radical (unpaired) electrons. The zero-order valence-corrected chi connectivity index (χ0v) is 11.7. The van der Waals surface area contributed by atoms with Crippen molar-refractivity contribution < 1.29 is 9.32 Å². The molecule has 1 amide bonds. The summed E-state index contributed by atoms with van der Waals surface area (Å²) >= 11 is 0. The van der Waals surface area contributed by atoms with Crippen molar-refractivity contribution in [1.82, 2.24) is 24.8 Å². The Hall–Kier alpha value is -2.96. The molecule has 0 bridgehead atoms. The third kappa shape index (κ3) is 2.16. The first kappa shape index (κ1) is 12.8. The number of carbonyl (C=O) groups is 1. The van der Waals surface area contributed by atoms with Crippen LogP contribution in [0.4, 0.5) is 0 Å². The van der Waals surface area contributed by atoms with Gasteiger partial charge in [-0.15, -0.1) is 0 Å². The van der Waals surface area contributed by atoms with Gasteiger partial charge in [0.05, 0.1) is 18.8 Å². The second kappa shape index (κ2) is 5.10. The Bertz CT molecular complexity index is 808. The van der Waals surface area contributed by atoms with Gasteiger partial charge in [-0.3, -0.25) is 14.5 Å². The largest absolute Gasteiger partial charge is 0.355 e. The molecule has 3 aromatic rings. The number of hydrogen-bond donors (Lipinski definition) is 0. The minimum Gasteiger partial charge on any atom is -0.355 e. The third-order valence-electron chi connectivity index (χ3n) is 3.70. The summed E-state index contributed by atoms with van der Waals surface area (Å²) in [5.74, 6) is 0.407. The fraction of sp³-hybridized carbons (Fsp3) is 0.200. The maximum absolute atomic E-state index is 12.5. The Kier molecular flexibility index (Phi) is 2.96. The van der Waals surface area contributed by atoms with Crippen LogP contribution in [0.3, 0.4) is 0 Å². The summed E-state index contributed by atoms with van der Waals surface area (Å²) in [6.07, 6.45) is 5.11. The standard InChI is InChI=1S/C15H13N5O2/c21-15(19-6-7-20-12(10-19)3-5-17-20)13-8-14(22-18-13)11-2-1-4-16-9-11/h1-5,8-9H,6-7,10H2. The van der Waals surface area contributed by atoms with Gasteiger partial charge in [-0.1, -0.05) is 5.16 Å². The third-order valence-corrected chi connectivity index (χ3v) is 3.70. The average molecular weight is 295 g/mol. The summed E-state index contributed by atoms with van der Waals surface area (Å²) in [6.45, 7) is 1.85. The van der Waals surface area contributed by atoms with Gasteiger partial charge >= 0.3 is 0 Å². The van der Waals surface area contributed by atoms with E-state index in [1.807, 2.05) is 22.9 Å². The maximum Gasteiger partial charge on any atom is 0.276 e. The molecule has 7 nitrogen and oxygen atoms in total. The number of aromatic nitrogens is 4. The normalized spacial score (nSPS) is 13.9. The monoisotopic (exact) mass is 295 g/mol. The number of fused-ring (bicyclic) bond motifs is 1. The quantitative estimate of drug-likeness (QED) is 0.717. The second-order valence-corrected chi connectivity index (χ2v) is 5.09. The van der Waals surface area contributed by atoms with E-state index in [1.54, 1.807) is 29.6 Å². The highest BCUT2D eigenvalue weighted by atomic mass is 16.5. The number of nitrogens with zero attached hydrogens (tertiary/aromatic N) is 5. The van der Waals surface area contributed by atoms with Crippen LogP contribution in [0.15, 0.2) is 47.4 Å². The number of rotatable bonds is 2. The Morgan fingerprint density at radius 1 is 1.23 bits per heavy atom. The first-order chi connectivity index (χ1) is 10.8. The SMILES string of the molecule is O=C(c1cc(-c2cccnc2)on1)N1CCn2nccc2C1. The number of amides is 1. The highest BCUT2D eigenvalue weighted by molar-refractivity contribution is 5.93. The van der Waals surface area contributed by atoms with Crippen molar-refractivity contribution in [2.45, 2.75) is 13.1 Å². The Morgan fingerprint density at radius 3 is 3.05 bits per heavy atom. The molecule has 1 aliphatic rings. The van der Waals surface area contributed by atoms with E-state index in [0.29, 0.717) is 31.1 Å². The highest BCUT2D eigenvalue weighted by Gasteiger charge is 2.24. The zero-order valence-electron chi connectivity index (χ0n) is 11.7. The molecule has 4 heterocycles. The molecule has 0 saturated carbocycles. The lowest BCUT2D eigenvalue weighted by Gasteiger charge is -2.26. The molecule has 0 N–H and O–H groups in total. The van der Waals surface area contributed by atoms with Crippen molar-refractivity contribution >= 4 is 5.91 Å². The van der Waals surface area contributed by atoms with Crippen molar-refractivity contribution in [3.05, 3.63) is 54.2 Å². The van der Waals surface area contributed by atoms with Crippen LogP contribution in [0, 0.1) is 0 Å². The van der Waals surface area contributed by atoms with Crippen LogP contribution >= 0.6 is 0 Å². The maximum atomic E-state index is 12.5. The predicted octanol–water partition coefficient (Wildman–Crippen LogP) is 1.59. The Labute approximate surface area is 126 Å². The van der Waals surface area contributed by atoms with E-state index in [9.17, 15) is 4.79 Å². The Morgan fingerprint density at radius 2 is 2.18 bits per heavy atom. The van der Waals surface area contributed by atoms with Crippen molar-refractivity contribution in [3.8, 4) is 11.3 Å². The van der Waals surface area contributed by atoms with Crippen LogP contribution in [0.2, 0.25) is 0 Å². The molecule has 0 aromatic carbocycles. The van der Waals surface area contributed by atoms with Crippen molar-refractivity contribution in [1.29, 1.82) is 0 Å². The molecule has 0 atom stereocenters. The number of hydrogen-bond acceptors (Lipinski definition) is 5. The fourth-order valence-electron chi connectivity index (χ4n) is 2.54. The lowest BCUT2D eigenvalue weighted by atomic mass is 10.2. The van der Waals surface area contributed by atoms with Gasteiger partial charge < -0.3 is 9.42 Å². The number of carbonyl (C=O) groups excluding carboxylic acids is 1. The van der Waals surface area contributed by atoms with Gasteiger partial charge in [0.15, 0.2) is 11.5 Å². The average Bonchev–Trinajstić information content (AvgIpc) is 3.23. The van der Waals surface area contributed by atoms with Gasteiger partial charge in [0, 0.05) is 36.8 Å². The predicted molar refractivity (Wildman–Crippen MR) is 76.7 cm³/mol. The molecule has 0 fully saturated rings. The van der Waals surface area contributed by atoms with Crippen molar-refractivity contribution in [2.75, 3.05) is 6.54 Å². The van der Waals surface area contributed by atoms with E-state index in [1.165, 1.54) is 0 Å². The first-order valence-electron chi connectivity index (χ1n) is 6.98. The fourth-order valence-corrected chi connectivity index (χ4v) is 2.54. The summed E-state index contributed by atoms with van der Waals surface area (Å²) < 4.78 is 7.17. The van der Waals surface area contributed by atoms with Gasteiger partial charge in [-0.25, -0.2) is 0 Å². The van der Waals surface area contributed by atoms with Gasteiger partial charge in [-0.2, -0.15) is 5.10 Å². The number of pyridine rings is 1. The molecule has 110 valence electrons. The van der Waals surface area contributed by atoms with Crippen molar-refractivity contribution in [2.24, 2.45) is 0 Å². The molecule has 0 saturated heterocycles. The zero-order chi connectivity index (χ0) is 14.9. The van der Waals surface area contributed by atoms with Crippen molar-refractivity contribution in [3.63, 3.8) is 0 Å². The topological polar surface area (TPSA) is 77.0 Å². The van der Waals surface area contributed by atoms with E-state index in [0.717, 1.165) is 11.3 Å². The van der Waals surface area contributed by atoms with Crippen LogP contribution < -0.4 is 0 Å². The summed E-state index contributed by atoms with van der Waals surface area (Å²) in [4.78, 5) is 18.3. The minimum atomic E-state index is -0.133. The molecule has 3 aromatic heterocycles. The molecule has 4 rings (SSSR count). The molecular weight excluding hydrogens is 282 g/mol. The van der Waals surface area contributed by atoms with E-state index in [2.05, 4.69) is 15.2 Å². The molecular formula is C15H13N5O2. The van der Waals surface area contributed by atoms with Crippen LogP contribution in [0.25, 0.3) is 11.3 Å². The van der Waals surface area contributed by atoms with E-state index >= 15 is 0 Å². The van der Waals surface area contributed by atoms with Crippen LogP contribution in [-0.2, 0) is 13.1 Å². The van der Waals surface area contributed by atoms with E-state index in [-0.39, 0.29) is 5.91 Å². The molecule has 0 unspecified atom stereocenters. The van der Waals surface area contributed by atoms with Crippen LogP contribution in [-0.4, -0.2) is 37.3 Å². The summed E-state index contributed by atoms with van der Waals surface area (Å²) in [5, 5.41) is 8.10. The lowest BCUT2D eigenvalue weighted by Crippen LogP contribution is -2.38. The van der Waals surface area contributed by atoms with E-state index < -0.39 is 0 Å². The molecule has 1 aliphatic heterocycles. The highest BCUT2D eigenvalue weighted by Crippen LogP contribution is 2.21.